The van der Waals surface area contributed by atoms with Gasteiger partial charge >= 0.3 is 0 Å². The molecule has 5 heteroatoms. The Labute approximate surface area is 111 Å². The summed E-state index contributed by atoms with van der Waals surface area (Å²) in [5, 5.41) is 16.0. The second-order valence-corrected chi connectivity index (χ2v) is 4.08. The summed E-state index contributed by atoms with van der Waals surface area (Å²) in [6.07, 6.45) is 1.62. The lowest BCUT2D eigenvalue weighted by Crippen LogP contribution is -2.23. The molecule has 1 aromatic heterocycles. The molecule has 1 N–H and O–H groups in total. The Morgan fingerprint density at radius 2 is 2.26 bits per heavy atom. The van der Waals surface area contributed by atoms with Crippen LogP contribution >= 0.6 is 0 Å². The molecule has 2 aromatic rings. The van der Waals surface area contributed by atoms with Crippen LogP contribution in [0.1, 0.15) is 18.1 Å². The van der Waals surface area contributed by atoms with Crippen molar-refractivity contribution in [2.75, 3.05) is 11.9 Å². The number of nitriles is 1. The first-order valence-electron chi connectivity index (χ1n) is 6.03. The first-order chi connectivity index (χ1) is 9.22. The van der Waals surface area contributed by atoms with Crippen molar-refractivity contribution >= 4 is 5.69 Å². The van der Waals surface area contributed by atoms with Crippen LogP contribution < -0.4 is 10.9 Å². The molecular formula is C14H14N4O. The smallest absolute Gasteiger partial charge is 0.269 e. The molecule has 1 heterocycles. The number of hydrogen-bond acceptors (Lipinski definition) is 4. The highest BCUT2D eigenvalue weighted by molar-refractivity contribution is 5.38. The summed E-state index contributed by atoms with van der Waals surface area (Å²) < 4.78 is 1.37. The Morgan fingerprint density at radius 1 is 1.42 bits per heavy atom. The van der Waals surface area contributed by atoms with E-state index in [0.717, 1.165) is 17.8 Å². The highest BCUT2D eigenvalue weighted by Crippen LogP contribution is 2.05. The number of benzene rings is 1. The molecule has 0 aliphatic carbocycles. The van der Waals surface area contributed by atoms with Crippen molar-refractivity contribution in [1.82, 2.24) is 9.78 Å². The molecular weight excluding hydrogens is 240 g/mol. The van der Waals surface area contributed by atoms with Gasteiger partial charge in [0.15, 0.2) is 0 Å². The van der Waals surface area contributed by atoms with E-state index in [0.29, 0.717) is 12.1 Å². The van der Waals surface area contributed by atoms with E-state index in [1.165, 1.54) is 10.7 Å². The lowest BCUT2D eigenvalue weighted by Gasteiger charge is -2.07. The Kier molecular flexibility index (Phi) is 3.94. The van der Waals surface area contributed by atoms with Crippen molar-refractivity contribution in [3.05, 3.63) is 58.0 Å². The molecule has 0 aliphatic heterocycles. The van der Waals surface area contributed by atoms with E-state index < -0.39 is 0 Å². The van der Waals surface area contributed by atoms with E-state index in [9.17, 15) is 4.79 Å². The fourth-order valence-corrected chi connectivity index (χ4v) is 1.77. The first-order valence-corrected chi connectivity index (χ1v) is 6.03. The predicted molar refractivity (Wildman–Crippen MR) is 72.9 cm³/mol. The third-order valence-electron chi connectivity index (χ3n) is 2.64. The average molecular weight is 254 g/mol. The summed E-state index contributed by atoms with van der Waals surface area (Å²) in [5.74, 6) is 0. The monoisotopic (exact) mass is 254 g/mol. The number of aromatic nitrogens is 2. The summed E-state index contributed by atoms with van der Waals surface area (Å²) in [5.41, 5.74) is 2.01. The van der Waals surface area contributed by atoms with Crippen molar-refractivity contribution < 1.29 is 0 Å². The maximum Gasteiger partial charge on any atom is 0.269 e. The molecule has 0 atom stereocenters. The fourth-order valence-electron chi connectivity index (χ4n) is 1.77. The Hall–Kier alpha value is -2.61. The maximum absolute atomic E-state index is 11.9. The van der Waals surface area contributed by atoms with Gasteiger partial charge in [-0.25, -0.2) is 4.68 Å². The lowest BCUT2D eigenvalue weighted by molar-refractivity contribution is 0.639. The van der Waals surface area contributed by atoms with Gasteiger partial charge in [-0.1, -0.05) is 12.1 Å². The van der Waals surface area contributed by atoms with Crippen LogP contribution in [0.3, 0.4) is 0 Å². The number of nitrogens with one attached hydrogen (secondary N) is 1. The number of nitrogens with zero attached hydrogens (tertiary/aromatic N) is 3. The summed E-state index contributed by atoms with van der Waals surface area (Å²) in [4.78, 5) is 11.9. The van der Waals surface area contributed by atoms with E-state index >= 15 is 0 Å². The molecule has 0 radical (unpaired) electrons. The third-order valence-corrected chi connectivity index (χ3v) is 2.64. The standard InChI is InChI=1S/C14H14N4O/c1-2-16-13-7-14(19)18(17-9-13)10-12-5-3-4-11(6-12)8-15/h3-7,9,16H,2,10H2,1H3. The zero-order valence-corrected chi connectivity index (χ0v) is 10.6. The zero-order chi connectivity index (χ0) is 13.7. The van der Waals surface area contributed by atoms with Crippen LogP contribution in [0.25, 0.3) is 0 Å². The van der Waals surface area contributed by atoms with Crippen molar-refractivity contribution in [3.63, 3.8) is 0 Å². The molecule has 5 nitrogen and oxygen atoms in total. The highest BCUT2D eigenvalue weighted by Gasteiger charge is 2.02. The molecule has 19 heavy (non-hydrogen) atoms. The van der Waals surface area contributed by atoms with Gasteiger partial charge in [0.25, 0.3) is 5.56 Å². The van der Waals surface area contributed by atoms with Crippen molar-refractivity contribution in [2.45, 2.75) is 13.5 Å². The summed E-state index contributed by atoms with van der Waals surface area (Å²) in [6, 6.07) is 10.7. The van der Waals surface area contributed by atoms with Gasteiger partial charge in [0.05, 0.1) is 30.1 Å². The zero-order valence-electron chi connectivity index (χ0n) is 10.6. The van der Waals surface area contributed by atoms with Gasteiger partial charge in [-0.3, -0.25) is 4.79 Å². The molecule has 0 spiro atoms. The van der Waals surface area contributed by atoms with E-state index in [-0.39, 0.29) is 5.56 Å². The van der Waals surface area contributed by atoms with E-state index in [1.54, 1.807) is 24.4 Å². The first kappa shape index (κ1) is 12.8. The number of rotatable bonds is 4. The van der Waals surface area contributed by atoms with Crippen LogP contribution in [-0.2, 0) is 6.54 Å². The molecule has 2 rings (SSSR count). The van der Waals surface area contributed by atoms with Crippen molar-refractivity contribution in [3.8, 4) is 6.07 Å². The van der Waals surface area contributed by atoms with Gasteiger partial charge in [0, 0.05) is 12.6 Å². The molecule has 0 bridgehead atoms. The van der Waals surface area contributed by atoms with Crippen LogP contribution in [0.15, 0.2) is 41.3 Å². The van der Waals surface area contributed by atoms with Gasteiger partial charge < -0.3 is 5.32 Å². The third kappa shape index (κ3) is 3.19. The molecule has 0 aliphatic rings. The molecule has 0 fully saturated rings. The van der Waals surface area contributed by atoms with E-state index in [2.05, 4.69) is 16.5 Å². The number of anilines is 1. The second-order valence-electron chi connectivity index (χ2n) is 4.08. The highest BCUT2D eigenvalue weighted by atomic mass is 16.1. The Balaban J connectivity index is 2.24. The van der Waals surface area contributed by atoms with Crippen LogP contribution in [0, 0.1) is 11.3 Å². The summed E-state index contributed by atoms with van der Waals surface area (Å²) in [7, 11) is 0. The van der Waals surface area contributed by atoms with Gasteiger partial charge in [-0.15, -0.1) is 0 Å². The molecule has 0 saturated heterocycles. The van der Waals surface area contributed by atoms with Crippen molar-refractivity contribution in [1.29, 1.82) is 5.26 Å². The summed E-state index contributed by atoms with van der Waals surface area (Å²) >= 11 is 0. The minimum Gasteiger partial charge on any atom is -0.384 e. The topological polar surface area (TPSA) is 70.7 Å². The Bertz CT molecular complexity index is 670. The van der Waals surface area contributed by atoms with E-state index in [4.69, 9.17) is 5.26 Å². The Morgan fingerprint density at radius 3 is 2.95 bits per heavy atom. The van der Waals surface area contributed by atoms with E-state index in [1.807, 2.05) is 13.0 Å². The fraction of sp³-hybridized carbons (Fsp3) is 0.214. The van der Waals surface area contributed by atoms with Gasteiger partial charge in [0.2, 0.25) is 0 Å². The van der Waals surface area contributed by atoms with Crippen LogP contribution in [0.2, 0.25) is 0 Å². The lowest BCUT2D eigenvalue weighted by atomic mass is 10.1. The minimum absolute atomic E-state index is 0.166. The van der Waals surface area contributed by atoms with Crippen LogP contribution in [0.4, 0.5) is 5.69 Å². The molecule has 0 unspecified atom stereocenters. The van der Waals surface area contributed by atoms with Crippen LogP contribution in [0.5, 0.6) is 0 Å². The molecule has 0 saturated carbocycles. The SMILES string of the molecule is CCNc1cnn(Cc2cccc(C#N)c2)c(=O)c1. The van der Waals surface area contributed by atoms with Gasteiger partial charge in [0.1, 0.15) is 0 Å². The maximum atomic E-state index is 11.9. The molecule has 1 aromatic carbocycles. The van der Waals surface area contributed by atoms with Gasteiger partial charge in [-0.05, 0) is 24.6 Å². The molecule has 0 amide bonds. The van der Waals surface area contributed by atoms with Gasteiger partial charge in [-0.2, -0.15) is 10.4 Å². The largest absolute Gasteiger partial charge is 0.384 e. The second kappa shape index (κ2) is 5.83. The normalized spacial score (nSPS) is 9.89. The van der Waals surface area contributed by atoms with Crippen LogP contribution in [-0.4, -0.2) is 16.3 Å². The minimum atomic E-state index is -0.166. The number of hydrogen-bond donors (Lipinski definition) is 1. The predicted octanol–water partition coefficient (Wildman–Crippen LogP) is 1.60. The molecule has 96 valence electrons. The quantitative estimate of drug-likeness (QED) is 0.899. The average Bonchev–Trinajstić information content (AvgIpc) is 2.42. The summed E-state index contributed by atoms with van der Waals surface area (Å²) in [6.45, 7) is 3.06. The van der Waals surface area contributed by atoms with Crippen molar-refractivity contribution in [2.24, 2.45) is 0 Å².